The number of aryl methyl sites for hydroxylation is 1. The minimum atomic E-state index is -0.169. The molecule has 31 heavy (non-hydrogen) atoms. The second kappa shape index (κ2) is 10.3. The lowest BCUT2D eigenvalue weighted by Crippen LogP contribution is -2.29. The maximum absolute atomic E-state index is 12.6. The van der Waals surface area contributed by atoms with Gasteiger partial charge in [-0.05, 0) is 56.7 Å². The van der Waals surface area contributed by atoms with E-state index in [1.807, 2.05) is 48.9 Å². The lowest BCUT2D eigenvalue weighted by atomic mass is 10.1. The third-order valence-corrected chi connectivity index (χ3v) is 5.47. The highest BCUT2D eigenvalue weighted by Crippen LogP contribution is 2.19. The van der Waals surface area contributed by atoms with Crippen molar-refractivity contribution in [2.45, 2.75) is 33.2 Å². The number of nitrogens with zero attached hydrogens (tertiary/aromatic N) is 3. The number of nitrogens with one attached hydrogen (secondary N) is 1. The van der Waals surface area contributed by atoms with Gasteiger partial charge in [0.15, 0.2) is 0 Å². The minimum Gasteiger partial charge on any atom is -0.352 e. The zero-order valence-electron chi connectivity index (χ0n) is 18.1. The molecule has 0 unspecified atom stereocenters. The molecule has 0 atom stereocenters. The van der Waals surface area contributed by atoms with Crippen LogP contribution in [0.25, 0.3) is 5.69 Å². The number of carbonyl (C=O) groups is 2. The summed E-state index contributed by atoms with van der Waals surface area (Å²) in [7, 11) is 1.80. The zero-order chi connectivity index (χ0) is 22.4. The monoisotopic (exact) mass is 438 g/mol. The van der Waals surface area contributed by atoms with Crippen LogP contribution in [0.4, 0.5) is 0 Å². The van der Waals surface area contributed by atoms with E-state index >= 15 is 0 Å². The predicted octanol–water partition coefficient (Wildman–Crippen LogP) is 4.31. The van der Waals surface area contributed by atoms with E-state index in [4.69, 9.17) is 11.6 Å². The summed E-state index contributed by atoms with van der Waals surface area (Å²) in [6.45, 7) is 4.92. The first-order valence-corrected chi connectivity index (χ1v) is 10.6. The number of para-hydroxylation sites is 1. The second-order valence-electron chi connectivity index (χ2n) is 7.51. The topological polar surface area (TPSA) is 67.2 Å². The highest BCUT2D eigenvalue weighted by atomic mass is 35.5. The van der Waals surface area contributed by atoms with Crippen LogP contribution in [0.1, 0.15) is 40.2 Å². The van der Waals surface area contributed by atoms with E-state index in [2.05, 4.69) is 10.4 Å². The van der Waals surface area contributed by atoms with Gasteiger partial charge in [0.05, 0.1) is 11.4 Å². The number of rotatable bonds is 8. The Bertz CT molecular complexity index is 1050. The van der Waals surface area contributed by atoms with E-state index in [1.165, 1.54) is 0 Å². The SMILES string of the molecule is Cc1nn(-c2ccccc2)c(C)c1CN(C)C(=O)CCCNC(=O)c1ccc(Cl)cc1. The molecule has 0 saturated carbocycles. The van der Waals surface area contributed by atoms with Crippen LogP contribution in [0.3, 0.4) is 0 Å². The molecule has 3 aromatic rings. The quantitative estimate of drug-likeness (QED) is 0.533. The van der Waals surface area contributed by atoms with E-state index in [9.17, 15) is 9.59 Å². The number of halogens is 1. The Balaban J connectivity index is 1.50. The van der Waals surface area contributed by atoms with E-state index in [-0.39, 0.29) is 11.8 Å². The molecule has 0 spiro atoms. The van der Waals surface area contributed by atoms with Crippen LogP contribution in [0, 0.1) is 13.8 Å². The normalized spacial score (nSPS) is 10.7. The molecular formula is C24H27ClN4O2. The van der Waals surface area contributed by atoms with Crippen molar-refractivity contribution in [1.82, 2.24) is 20.0 Å². The molecule has 0 radical (unpaired) electrons. The van der Waals surface area contributed by atoms with Crippen molar-refractivity contribution in [3.05, 3.63) is 82.1 Å². The van der Waals surface area contributed by atoms with Gasteiger partial charge < -0.3 is 10.2 Å². The second-order valence-corrected chi connectivity index (χ2v) is 7.95. The van der Waals surface area contributed by atoms with Crippen LogP contribution in [0.15, 0.2) is 54.6 Å². The first kappa shape index (κ1) is 22.6. The van der Waals surface area contributed by atoms with Crippen LogP contribution < -0.4 is 5.32 Å². The Morgan fingerprint density at radius 3 is 2.42 bits per heavy atom. The van der Waals surface area contributed by atoms with Crippen molar-refractivity contribution in [3.8, 4) is 5.69 Å². The van der Waals surface area contributed by atoms with Gasteiger partial charge >= 0.3 is 0 Å². The Hall–Kier alpha value is -3.12. The molecule has 0 aliphatic carbocycles. The van der Waals surface area contributed by atoms with Gasteiger partial charge in [-0.3, -0.25) is 9.59 Å². The van der Waals surface area contributed by atoms with Crippen molar-refractivity contribution in [2.24, 2.45) is 0 Å². The molecule has 162 valence electrons. The maximum atomic E-state index is 12.6. The van der Waals surface area contributed by atoms with Gasteiger partial charge in [0, 0.05) is 48.4 Å². The summed E-state index contributed by atoms with van der Waals surface area (Å²) in [5.41, 5.74) is 4.54. The highest BCUT2D eigenvalue weighted by molar-refractivity contribution is 6.30. The first-order valence-electron chi connectivity index (χ1n) is 10.2. The van der Waals surface area contributed by atoms with Crippen LogP contribution in [0.5, 0.6) is 0 Å². The Labute approximate surface area is 187 Å². The Kier molecular flexibility index (Phi) is 7.47. The number of aromatic nitrogens is 2. The molecule has 6 nitrogen and oxygen atoms in total. The maximum Gasteiger partial charge on any atom is 0.251 e. The fourth-order valence-corrected chi connectivity index (χ4v) is 3.51. The number of benzene rings is 2. The first-order chi connectivity index (χ1) is 14.9. The summed E-state index contributed by atoms with van der Waals surface area (Å²) in [6, 6.07) is 16.7. The number of hydrogen-bond acceptors (Lipinski definition) is 3. The summed E-state index contributed by atoms with van der Waals surface area (Å²) in [4.78, 5) is 26.4. The molecule has 3 rings (SSSR count). The highest BCUT2D eigenvalue weighted by Gasteiger charge is 2.17. The molecule has 0 saturated heterocycles. The van der Waals surface area contributed by atoms with Crippen molar-refractivity contribution in [3.63, 3.8) is 0 Å². The van der Waals surface area contributed by atoms with Crippen LogP contribution >= 0.6 is 11.6 Å². The van der Waals surface area contributed by atoms with E-state index in [1.54, 1.807) is 36.2 Å². The van der Waals surface area contributed by atoms with Crippen LogP contribution in [0.2, 0.25) is 5.02 Å². The standard InChI is InChI=1S/C24H27ClN4O2/c1-17-22(18(2)29(27-17)21-8-5-4-6-9-21)16-28(3)23(30)10-7-15-26-24(31)19-11-13-20(25)14-12-19/h4-6,8-9,11-14H,7,10,15-16H2,1-3H3,(H,26,31). The fourth-order valence-electron chi connectivity index (χ4n) is 3.39. The van der Waals surface area contributed by atoms with Crippen LogP contribution in [-0.2, 0) is 11.3 Å². The van der Waals surface area contributed by atoms with Gasteiger partial charge in [0.2, 0.25) is 5.91 Å². The summed E-state index contributed by atoms with van der Waals surface area (Å²) in [5, 5.41) is 8.07. The summed E-state index contributed by atoms with van der Waals surface area (Å²) in [6.07, 6.45) is 0.937. The number of hydrogen-bond donors (Lipinski definition) is 1. The van der Waals surface area contributed by atoms with Crippen LogP contribution in [-0.4, -0.2) is 40.1 Å². The van der Waals surface area contributed by atoms with E-state index < -0.39 is 0 Å². The van der Waals surface area contributed by atoms with E-state index in [0.717, 1.165) is 22.6 Å². The summed E-state index contributed by atoms with van der Waals surface area (Å²) < 4.78 is 1.91. The van der Waals surface area contributed by atoms with Gasteiger partial charge in [-0.15, -0.1) is 0 Å². The van der Waals surface area contributed by atoms with Crippen molar-refractivity contribution < 1.29 is 9.59 Å². The largest absolute Gasteiger partial charge is 0.352 e. The molecule has 0 bridgehead atoms. The molecule has 0 aliphatic heterocycles. The minimum absolute atomic E-state index is 0.0343. The van der Waals surface area contributed by atoms with Crippen molar-refractivity contribution in [2.75, 3.05) is 13.6 Å². The Morgan fingerprint density at radius 1 is 1.06 bits per heavy atom. The third kappa shape index (κ3) is 5.73. The summed E-state index contributed by atoms with van der Waals surface area (Å²) in [5.74, 6) is -0.135. The Morgan fingerprint density at radius 2 is 1.74 bits per heavy atom. The molecule has 1 N–H and O–H groups in total. The molecule has 0 aliphatic rings. The molecule has 2 amide bonds. The zero-order valence-corrected chi connectivity index (χ0v) is 18.8. The molecular weight excluding hydrogens is 412 g/mol. The average molecular weight is 439 g/mol. The average Bonchev–Trinajstić information content (AvgIpc) is 3.05. The van der Waals surface area contributed by atoms with Gasteiger partial charge in [0.25, 0.3) is 5.91 Å². The lowest BCUT2D eigenvalue weighted by Gasteiger charge is -2.18. The number of carbonyl (C=O) groups excluding carboxylic acids is 2. The molecule has 2 aromatic carbocycles. The third-order valence-electron chi connectivity index (χ3n) is 5.22. The summed E-state index contributed by atoms with van der Waals surface area (Å²) >= 11 is 5.84. The molecule has 0 fully saturated rings. The van der Waals surface area contributed by atoms with Gasteiger partial charge in [-0.1, -0.05) is 29.8 Å². The van der Waals surface area contributed by atoms with Crippen molar-refractivity contribution in [1.29, 1.82) is 0 Å². The van der Waals surface area contributed by atoms with Crippen molar-refractivity contribution >= 4 is 23.4 Å². The number of amides is 2. The fraction of sp³-hybridized carbons (Fsp3) is 0.292. The molecule has 7 heteroatoms. The van der Waals surface area contributed by atoms with Gasteiger partial charge in [-0.2, -0.15) is 5.10 Å². The molecule has 1 aromatic heterocycles. The van der Waals surface area contributed by atoms with Gasteiger partial charge in [0.1, 0.15) is 0 Å². The predicted molar refractivity (Wildman–Crippen MR) is 123 cm³/mol. The van der Waals surface area contributed by atoms with E-state index in [0.29, 0.717) is 36.5 Å². The smallest absolute Gasteiger partial charge is 0.251 e. The lowest BCUT2D eigenvalue weighted by molar-refractivity contribution is -0.130. The molecule has 1 heterocycles. The van der Waals surface area contributed by atoms with Gasteiger partial charge in [-0.25, -0.2) is 4.68 Å².